The van der Waals surface area contributed by atoms with Crippen LogP contribution in [-0.4, -0.2) is 19.4 Å². The third-order valence-electron chi connectivity index (χ3n) is 1.93. The smallest absolute Gasteiger partial charge is 0.0716 e. The molecule has 0 spiro atoms. The van der Waals surface area contributed by atoms with Crippen LogP contribution in [0.15, 0.2) is 30.3 Å². The third-order valence-corrected chi connectivity index (χ3v) is 2.98. The Morgan fingerprint density at radius 2 is 2.00 bits per heavy atom. The summed E-state index contributed by atoms with van der Waals surface area (Å²) in [5.41, 5.74) is 1.24. The van der Waals surface area contributed by atoms with E-state index in [0.717, 1.165) is 32.4 Å². The first-order valence-corrected chi connectivity index (χ1v) is 6.51. The van der Waals surface area contributed by atoms with Crippen LogP contribution in [0.4, 0.5) is 0 Å². The summed E-state index contributed by atoms with van der Waals surface area (Å²) >= 11 is 0. The largest absolute Gasteiger partial charge is 0.377 e. The third kappa shape index (κ3) is 6.62. The van der Waals surface area contributed by atoms with Crippen LogP contribution in [0.5, 0.6) is 0 Å². The van der Waals surface area contributed by atoms with Gasteiger partial charge in [-0.1, -0.05) is 30.3 Å². The van der Waals surface area contributed by atoms with Gasteiger partial charge < -0.3 is 9.26 Å². The Bertz CT molecular complexity index is 239. The molecule has 0 aliphatic rings. The first kappa shape index (κ1) is 12.6. The van der Waals surface area contributed by atoms with Crippen molar-refractivity contribution in [3.05, 3.63) is 35.9 Å². The molecule has 3 heteroatoms. The second-order valence-electron chi connectivity index (χ2n) is 3.22. The topological polar surface area (TPSA) is 18.5 Å². The van der Waals surface area contributed by atoms with Gasteiger partial charge in [-0.15, -0.1) is 0 Å². The molecular formula is C12H19O2P. The Morgan fingerprint density at radius 3 is 2.73 bits per heavy atom. The average molecular weight is 226 g/mol. The fraction of sp³-hybridized carbons (Fsp3) is 0.500. The molecule has 0 saturated carbocycles. The predicted octanol–water partition coefficient (Wildman–Crippen LogP) is 3.22. The molecular weight excluding hydrogens is 207 g/mol. The zero-order valence-electron chi connectivity index (χ0n) is 9.24. The Hall–Kier alpha value is -0.430. The molecule has 1 unspecified atom stereocenters. The van der Waals surface area contributed by atoms with Gasteiger partial charge in [0.1, 0.15) is 0 Å². The van der Waals surface area contributed by atoms with Gasteiger partial charge in [0.15, 0.2) is 0 Å². The highest BCUT2D eigenvalue weighted by Crippen LogP contribution is 2.12. The van der Waals surface area contributed by atoms with E-state index in [2.05, 4.69) is 12.1 Å². The molecule has 0 N–H and O–H groups in total. The molecule has 2 nitrogen and oxygen atoms in total. The minimum absolute atomic E-state index is 0.630. The van der Waals surface area contributed by atoms with E-state index in [1.807, 2.05) is 25.1 Å². The molecule has 0 aliphatic heterocycles. The summed E-state index contributed by atoms with van der Waals surface area (Å²) in [6.07, 6.45) is 2.20. The number of hydrogen-bond acceptors (Lipinski definition) is 2. The van der Waals surface area contributed by atoms with Crippen LogP contribution in [0.25, 0.3) is 0 Å². The van der Waals surface area contributed by atoms with Crippen LogP contribution < -0.4 is 0 Å². The van der Waals surface area contributed by atoms with Gasteiger partial charge in [0.25, 0.3) is 0 Å². The molecule has 0 amide bonds. The molecule has 1 rings (SSSR count). The Kier molecular flexibility index (Phi) is 7.45. The van der Waals surface area contributed by atoms with Crippen molar-refractivity contribution in [3.8, 4) is 0 Å². The lowest BCUT2D eigenvalue weighted by molar-refractivity contribution is 0.122. The van der Waals surface area contributed by atoms with E-state index in [0.29, 0.717) is 8.81 Å². The Labute approximate surface area is 93.8 Å². The molecule has 15 heavy (non-hydrogen) atoms. The lowest BCUT2D eigenvalue weighted by Gasteiger charge is -2.04. The zero-order chi connectivity index (χ0) is 10.8. The maximum atomic E-state index is 5.55. The Morgan fingerprint density at radius 1 is 1.20 bits per heavy atom. The van der Waals surface area contributed by atoms with Crippen molar-refractivity contribution in [2.45, 2.75) is 20.0 Å². The minimum atomic E-state index is 0.630. The Balaban J connectivity index is 1.93. The van der Waals surface area contributed by atoms with Crippen LogP contribution in [0.3, 0.4) is 0 Å². The van der Waals surface area contributed by atoms with Crippen LogP contribution in [-0.2, 0) is 15.9 Å². The van der Waals surface area contributed by atoms with Gasteiger partial charge in [-0.25, -0.2) is 0 Å². The van der Waals surface area contributed by atoms with Crippen molar-refractivity contribution in [2.75, 3.05) is 19.4 Å². The highest BCUT2D eigenvalue weighted by molar-refractivity contribution is 7.32. The average Bonchev–Trinajstić information content (AvgIpc) is 2.29. The maximum absolute atomic E-state index is 5.55. The number of hydrogen-bond donors (Lipinski definition) is 0. The molecule has 0 saturated heterocycles. The first-order valence-electron chi connectivity index (χ1n) is 5.40. The van der Waals surface area contributed by atoms with Crippen LogP contribution in [0, 0.1) is 0 Å². The van der Waals surface area contributed by atoms with Crippen molar-refractivity contribution in [2.24, 2.45) is 0 Å². The molecule has 1 aromatic rings. The van der Waals surface area contributed by atoms with Crippen molar-refractivity contribution in [1.82, 2.24) is 0 Å². The van der Waals surface area contributed by atoms with Crippen molar-refractivity contribution in [1.29, 1.82) is 0 Å². The van der Waals surface area contributed by atoms with Gasteiger partial charge in [0.05, 0.1) is 6.61 Å². The molecule has 1 atom stereocenters. The second-order valence-corrected chi connectivity index (χ2v) is 4.30. The van der Waals surface area contributed by atoms with Gasteiger partial charge in [-0.05, 0) is 25.1 Å². The maximum Gasteiger partial charge on any atom is 0.0716 e. The van der Waals surface area contributed by atoms with Gasteiger partial charge in [-0.3, -0.25) is 0 Å². The number of ether oxygens (including phenoxy) is 1. The fourth-order valence-electron chi connectivity index (χ4n) is 1.18. The zero-order valence-corrected chi connectivity index (χ0v) is 10.2. The molecule has 84 valence electrons. The van der Waals surface area contributed by atoms with Gasteiger partial charge in [0, 0.05) is 22.0 Å². The van der Waals surface area contributed by atoms with E-state index >= 15 is 0 Å². The standard InChI is InChI=1S/C12H19O2P/c1-2-14-15-10-6-9-13-11-12-7-4-3-5-8-12/h3-5,7-8,15H,2,6,9-11H2,1H3. The normalized spacial score (nSPS) is 11.3. The summed E-state index contributed by atoms with van der Waals surface area (Å²) < 4.78 is 10.8. The lowest BCUT2D eigenvalue weighted by atomic mass is 10.2. The molecule has 0 heterocycles. The van der Waals surface area contributed by atoms with Crippen molar-refractivity contribution < 1.29 is 9.26 Å². The SMILES string of the molecule is CCOPCCCOCc1ccccc1. The lowest BCUT2D eigenvalue weighted by Crippen LogP contribution is -1.96. The van der Waals surface area contributed by atoms with E-state index in [1.54, 1.807) is 0 Å². The van der Waals surface area contributed by atoms with Gasteiger partial charge in [-0.2, -0.15) is 0 Å². The predicted molar refractivity (Wildman–Crippen MR) is 65.5 cm³/mol. The van der Waals surface area contributed by atoms with Crippen LogP contribution in [0.2, 0.25) is 0 Å². The summed E-state index contributed by atoms with van der Waals surface area (Å²) in [6.45, 7) is 4.40. The molecule has 0 aromatic heterocycles. The van der Waals surface area contributed by atoms with E-state index in [1.165, 1.54) is 5.56 Å². The van der Waals surface area contributed by atoms with Crippen molar-refractivity contribution >= 4 is 8.81 Å². The summed E-state index contributed by atoms with van der Waals surface area (Å²) in [5, 5.41) is 0. The second kappa shape index (κ2) is 8.84. The van der Waals surface area contributed by atoms with E-state index in [9.17, 15) is 0 Å². The van der Waals surface area contributed by atoms with E-state index in [4.69, 9.17) is 9.26 Å². The van der Waals surface area contributed by atoms with Crippen LogP contribution >= 0.6 is 8.81 Å². The minimum Gasteiger partial charge on any atom is -0.377 e. The summed E-state index contributed by atoms with van der Waals surface area (Å²) in [6, 6.07) is 10.3. The monoisotopic (exact) mass is 226 g/mol. The number of benzene rings is 1. The fourth-order valence-corrected chi connectivity index (χ4v) is 1.82. The van der Waals surface area contributed by atoms with Gasteiger partial charge >= 0.3 is 0 Å². The molecule has 0 aliphatic carbocycles. The molecule has 1 aromatic carbocycles. The highest BCUT2D eigenvalue weighted by Gasteiger charge is 1.92. The first-order chi connectivity index (χ1) is 7.43. The van der Waals surface area contributed by atoms with E-state index < -0.39 is 0 Å². The highest BCUT2D eigenvalue weighted by atomic mass is 31.1. The van der Waals surface area contributed by atoms with Gasteiger partial charge in [0.2, 0.25) is 0 Å². The van der Waals surface area contributed by atoms with Crippen molar-refractivity contribution in [3.63, 3.8) is 0 Å². The molecule has 0 radical (unpaired) electrons. The number of rotatable bonds is 8. The van der Waals surface area contributed by atoms with Crippen LogP contribution in [0.1, 0.15) is 18.9 Å². The summed E-state index contributed by atoms with van der Waals surface area (Å²) in [5.74, 6) is 0. The summed E-state index contributed by atoms with van der Waals surface area (Å²) in [4.78, 5) is 0. The molecule has 0 fully saturated rings. The van der Waals surface area contributed by atoms with E-state index in [-0.39, 0.29) is 0 Å². The quantitative estimate of drug-likeness (QED) is 0.500. The molecule has 0 bridgehead atoms. The summed E-state index contributed by atoms with van der Waals surface area (Å²) in [7, 11) is 0.630.